The van der Waals surface area contributed by atoms with Gasteiger partial charge in [-0.15, -0.1) is 0 Å². The maximum atomic E-state index is 14.3. The van der Waals surface area contributed by atoms with Crippen molar-refractivity contribution >= 4 is 29.2 Å². The summed E-state index contributed by atoms with van der Waals surface area (Å²) in [6.07, 6.45) is 11.2. The van der Waals surface area contributed by atoms with E-state index < -0.39 is 77.9 Å². The first-order chi connectivity index (χ1) is 30.3. The third-order valence-electron chi connectivity index (χ3n) is 14.0. The molecule has 3 fully saturated rings. The number of carbonyl (C=O) groups is 5. The maximum Gasteiger partial charge on any atom is 0.329 e. The number of carbonyl (C=O) groups excluding carboxylic acids is 5. The lowest BCUT2D eigenvalue weighted by Crippen LogP contribution is -2.58. The molecule has 0 spiro atoms. The van der Waals surface area contributed by atoms with Gasteiger partial charge in [0.1, 0.15) is 30.1 Å². The van der Waals surface area contributed by atoms with E-state index >= 15 is 0 Å². The Morgan fingerprint density at radius 1 is 0.859 bits per heavy atom. The number of allylic oxidation sites excluding steroid dienone is 6. The Bertz CT molecular complexity index is 1720. The molecule has 4 rings (SSSR count). The number of aliphatic hydroxyl groups is 3. The predicted molar refractivity (Wildman–Crippen MR) is 241 cm³/mol. The number of rotatable bonds is 6. The van der Waals surface area contributed by atoms with E-state index in [4.69, 9.17) is 23.7 Å². The van der Waals surface area contributed by atoms with Gasteiger partial charge >= 0.3 is 5.97 Å². The van der Waals surface area contributed by atoms with Crippen LogP contribution in [0.5, 0.6) is 0 Å². The minimum atomic E-state index is -2.39. The number of hydrogen-bond acceptors (Lipinski definition) is 13. The number of esters is 1. The molecule has 3 N–H and O–H groups in total. The van der Waals surface area contributed by atoms with Gasteiger partial charge in [0.05, 0.1) is 24.4 Å². The van der Waals surface area contributed by atoms with Crippen LogP contribution in [-0.2, 0) is 47.7 Å². The highest BCUT2D eigenvalue weighted by molar-refractivity contribution is 6.39. The van der Waals surface area contributed by atoms with Crippen LogP contribution in [0.15, 0.2) is 47.6 Å². The van der Waals surface area contributed by atoms with E-state index in [9.17, 15) is 39.3 Å². The van der Waals surface area contributed by atoms with E-state index in [1.807, 2.05) is 58.1 Å². The molecule has 4 aliphatic rings. The number of ether oxygens (including phenoxy) is 5. The van der Waals surface area contributed by atoms with Gasteiger partial charge in [-0.3, -0.25) is 19.2 Å². The maximum absolute atomic E-state index is 14.3. The summed E-state index contributed by atoms with van der Waals surface area (Å²) in [5.74, 6) is -7.19. The van der Waals surface area contributed by atoms with Gasteiger partial charge in [0, 0.05) is 59.0 Å². The van der Waals surface area contributed by atoms with Crippen molar-refractivity contribution in [2.75, 3.05) is 27.9 Å². The fraction of sp³-hybridized carbons (Fsp3) is 0.740. The van der Waals surface area contributed by atoms with Crippen LogP contribution in [-0.4, -0.2) is 132 Å². The first kappa shape index (κ1) is 53.2. The molecule has 14 nitrogen and oxygen atoms in total. The van der Waals surface area contributed by atoms with Crippen LogP contribution >= 0.6 is 0 Å². The number of cyclic esters (lactones) is 1. The van der Waals surface area contributed by atoms with Crippen molar-refractivity contribution in [3.63, 3.8) is 0 Å². The molecular formula is C50H77NO13. The summed E-state index contributed by atoms with van der Waals surface area (Å²) in [4.78, 5) is 71.3. The van der Waals surface area contributed by atoms with Gasteiger partial charge in [0.25, 0.3) is 11.7 Å². The van der Waals surface area contributed by atoms with Crippen LogP contribution in [0.1, 0.15) is 125 Å². The number of piperidine rings is 1. The molecule has 0 aromatic heterocycles. The molecular weight excluding hydrogens is 823 g/mol. The SMILES string of the molecule is CO[C@H]1C[C@@H]2CCC[C@@](O)(O2)C(=O)C(=O)N2CCCCC2C(=O)O[C@H]([C@H](C)C[C@@H]2CC[C@@H](O)[C@H](OC)C2)CC(=O)[C@H](C)/C=C(\C)[C@@H](O)[C@@H](OC)C(=O)[C@H](C)C[C@H](C)/C=C/C=C/C=C/1C. The molecule has 0 radical (unpaired) electrons. The molecule has 1 unspecified atom stereocenters. The highest BCUT2D eigenvalue weighted by Crippen LogP contribution is 2.35. The van der Waals surface area contributed by atoms with Crippen molar-refractivity contribution in [3.05, 3.63) is 47.6 Å². The second-order valence-electron chi connectivity index (χ2n) is 19.1. The lowest BCUT2D eigenvalue weighted by atomic mass is 9.78. The summed E-state index contributed by atoms with van der Waals surface area (Å²) in [6, 6.07) is -1.13. The van der Waals surface area contributed by atoms with Gasteiger partial charge in [-0.2, -0.15) is 0 Å². The normalized spacial score (nSPS) is 39.7. The Morgan fingerprint density at radius 3 is 2.28 bits per heavy atom. The van der Waals surface area contributed by atoms with Crippen molar-refractivity contribution in [2.24, 2.45) is 29.6 Å². The van der Waals surface area contributed by atoms with Crippen LogP contribution in [0, 0.1) is 29.6 Å². The predicted octanol–water partition coefficient (Wildman–Crippen LogP) is 5.93. The van der Waals surface area contributed by atoms with Crippen molar-refractivity contribution in [3.8, 4) is 0 Å². The van der Waals surface area contributed by atoms with Gasteiger partial charge in [0.15, 0.2) is 5.78 Å². The summed E-state index contributed by atoms with van der Waals surface area (Å²) in [5, 5.41) is 33.5. The summed E-state index contributed by atoms with van der Waals surface area (Å²) in [5.41, 5.74) is 1.27. The molecule has 0 aromatic carbocycles. The largest absolute Gasteiger partial charge is 0.460 e. The second kappa shape index (κ2) is 25.0. The monoisotopic (exact) mass is 900 g/mol. The zero-order chi connectivity index (χ0) is 47.3. The Kier molecular flexibility index (Phi) is 20.8. The van der Waals surface area contributed by atoms with Gasteiger partial charge in [-0.05, 0) is 107 Å². The van der Waals surface area contributed by atoms with Crippen LogP contribution in [0.4, 0.5) is 0 Å². The van der Waals surface area contributed by atoms with E-state index in [1.54, 1.807) is 34.1 Å². The molecule has 64 heavy (non-hydrogen) atoms. The molecule has 1 saturated carbocycles. The average Bonchev–Trinajstić information content (AvgIpc) is 3.27. The minimum absolute atomic E-state index is 0.0217. The molecule has 2 saturated heterocycles. The average molecular weight is 900 g/mol. The molecule has 14 heteroatoms. The topological polar surface area (TPSA) is 195 Å². The summed E-state index contributed by atoms with van der Waals surface area (Å²) < 4.78 is 29.2. The first-order valence-electron chi connectivity index (χ1n) is 23.5. The number of hydrogen-bond donors (Lipinski definition) is 3. The van der Waals surface area contributed by atoms with Gasteiger partial charge in [-0.1, -0.05) is 64.2 Å². The Balaban J connectivity index is 1.68. The van der Waals surface area contributed by atoms with Gasteiger partial charge in [0.2, 0.25) is 5.79 Å². The number of fused-ring (bicyclic) bond motifs is 3. The molecule has 360 valence electrons. The van der Waals surface area contributed by atoms with Crippen molar-refractivity contribution in [1.82, 2.24) is 4.90 Å². The van der Waals surface area contributed by atoms with Crippen LogP contribution < -0.4 is 0 Å². The van der Waals surface area contributed by atoms with Crippen LogP contribution in [0.2, 0.25) is 0 Å². The Hall–Kier alpha value is -3.37. The number of Topliss-reactive ketones (excluding diaryl/α,β-unsaturated/α-hetero) is 3. The minimum Gasteiger partial charge on any atom is -0.460 e. The number of ketones is 3. The zero-order valence-corrected chi connectivity index (χ0v) is 39.7. The molecule has 14 atom stereocenters. The van der Waals surface area contributed by atoms with Crippen molar-refractivity contribution in [2.45, 2.75) is 180 Å². The Labute approximate surface area is 380 Å². The fourth-order valence-electron chi connectivity index (χ4n) is 9.92. The van der Waals surface area contributed by atoms with E-state index in [2.05, 4.69) is 0 Å². The van der Waals surface area contributed by atoms with Crippen molar-refractivity contribution in [1.29, 1.82) is 0 Å². The molecule has 0 aromatic rings. The summed E-state index contributed by atoms with van der Waals surface area (Å²) in [6.45, 7) is 11.1. The summed E-state index contributed by atoms with van der Waals surface area (Å²) >= 11 is 0. The quantitative estimate of drug-likeness (QED) is 0.161. The molecule has 1 aliphatic carbocycles. The number of amides is 1. The third kappa shape index (κ3) is 14.3. The van der Waals surface area contributed by atoms with Gasteiger partial charge < -0.3 is 43.9 Å². The molecule has 3 aliphatic heterocycles. The molecule has 1 amide bonds. The van der Waals surface area contributed by atoms with E-state index in [-0.39, 0.29) is 61.2 Å². The fourth-order valence-corrected chi connectivity index (χ4v) is 9.92. The number of aliphatic hydroxyl groups excluding tert-OH is 2. The zero-order valence-electron chi connectivity index (χ0n) is 39.7. The van der Waals surface area contributed by atoms with E-state index in [1.165, 1.54) is 12.0 Å². The molecule has 2 bridgehead atoms. The summed E-state index contributed by atoms with van der Waals surface area (Å²) in [7, 11) is 4.52. The van der Waals surface area contributed by atoms with Gasteiger partial charge in [-0.25, -0.2) is 4.79 Å². The standard InChI is InChI=1S/C50H77NO13/c1-30-16-11-10-12-17-31(2)41(60-7)28-37-18-15-22-50(59,64-37)47(56)48(57)51-23-14-13-19-38(51)49(58)63-42(33(4)26-36-20-21-39(52)43(27-36)61-8)29-40(53)32(3)25-35(6)45(55)46(62-9)44(54)34(5)24-30/h10-12,16-17,25,30,32-34,36-39,41-43,45-46,52,55,59H,13-15,18-24,26-29H2,1-9H3/b12-10+,16-11+,31-17+,35-25+/t30-,32-,33-,34-,36+,37+,38?,39-,41+,42+,43-,45-,46+,50-/m1/s1. The lowest BCUT2D eigenvalue weighted by molar-refractivity contribution is -0.245. The number of nitrogens with zero attached hydrogens (tertiary/aromatic N) is 1. The third-order valence-corrected chi connectivity index (χ3v) is 14.0. The van der Waals surface area contributed by atoms with E-state index in [0.29, 0.717) is 63.4 Å². The lowest BCUT2D eigenvalue weighted by Gasteiger charge is -2.40. The molecule has 3 heterocycles. The highest BCUT2D eigenvalue weighted by Gasteiger charge is 2.49. The van der Waals surface area contributed by atoms with Crippen molar-refractivity contribution < 1.29 is 63.0 Å². The number of methoxy groups -OCH3 is 3. The van der Waals surface area contributed by atoms with E-state index in [0.717, 1.165) is 12.0 Å². The first-order valence-corrected chi connectivity index (χ1v) is 23.5. The highest BCUT2D eigenvalue weighted by atomic mass is 16.6. The van der Waals surface area contributed by atoms with Crippen LogP contribution in [0.25, 0.3) is 0 Å². The van der Waals surface area contributed by atoms with Crippen LogP contribution in [0.3, 0.4) is 0 Å². The second-order valence-corrected chi connectivity index (χ2v) is 19.1. The Morgan fingerprint density at radius 2 is 1.59 bits per heavy atom. The smallest absolute Gasteiger partial charge is 0.329 e.